The SMILES string of the molecule is CCC1CCC(C#N)(NS(=O)(=O)CC2CCCCC2)CC1. The zero-order valence-electron chi connectivity index (χ0n) is 13.1. The Balaban J connectivity index is 1.95. The number of rotatable bonds is 5. The van der Waals surface area contributed by atoms with Crippen molar-refractivity contribution in [3.63, 3.8) is 0 Å². The third-order valence-electron chi connectivity index (χ3n) is 5.28. The Morgan fingerprint density at radius 2 is 1.71 bits per heavy atom. The lowest BCUT2D eigenvalue weighted by atomic mass is 9.77. The number of nitriles is 1. The molecule has 0 aromatic rings. The van der Waals surface area contributed by atoms with Gasteiger partial charge >= 0.3 is 0 Å². The van der Waals surface area contributed by atoms with E-state index in [0.29, 0.717) is 18.8 Å². The average molecular weight is 312 g/mol. The number of sulfonamides is 1. The zero-order valence-corrected chi connectivity index (χ0v) is 13.9. The summed E-state index contributed by atoms with van der Waals surface area (Å²) in [6.45, 7) is 2.16. The molecular formula is C16H28N2O2S. The van der Waals surface area contributed by atoms with Crippen LogP contribution >= 0.6 is 0 Å². The Hall–Kier alpha value is -0.600. The van der Waals surface area contributed by atoms with Gasteiger partial charge in [-0.2, -0.15) is 9.98 Å². The summed E-state index contributed by atoms with van der Waals surface area (Å²) < 4.78 is 27.6. The summed E-state index contributed by atoms with van der Waals surface area (Å²) in [5.74, 6) is 1.13. The van der Waals surface area contributed by atoms with Gasteiger partial charge in [0.15, 0.2) is 0 Å². The summed E-state index contributed by atoms with van der Waals surface area (Å²) in [5, 5.41) is 9.49. The van der Waals surface area contributed by atoms with Crippen LogP contribution in [0.1, 0.15) is 71.1 Å². The molecule has 1 N–H and O–H groups in total. The molecule has 2 rings (SSSR count). The molecule has 0 unspecified atom stereocenters. The molecule has 2 fully saturated rings. The van der Waals surface area contributed by atoms with Crippen molar-refractivity contribution in [2.45, 2.75) is 76.7 Å². The molecule has 0 radical (unpaired) electrons. The monoisotopic (exact) mass is 312 g/mol. The van der Waals surface area contributed by atoms with Crippen molar-refractivity contribution in [1.82, 2.24) is 4.72 Å². The van der Waals surface area contributed by atoms with Crippen molar-refractivity contribution in [2.75, 3.05) is 5.75 Å². The Morgan fingerprint density at radius 3 is 2.24 bits per heavy atom. The predicted octanol–water partition coefficient (Wildman–Crippen LogP) is 3.35. The van der Waals surface area contributed by atoms with E-state index in [1.165, 1.54) is 6.42 Å². The first-order valence-corrected chi connectivity index (χ1v) is 10.1. The summed E-state index contributed by atoms with van der Waals surface area (Å²) in [5.41, 5.74) is -0.848. The van der Waals surface area contributed by atoms with E-state index in [0.717, 1.165) is 44.9 Å². The Labute approximate surface area is 129 Å². The minimum atomic E-state index is -3.35. The van der Waals surface area contributed by atoms with Gasteiger partial charge in [-0.1, -0.05) is 32.6 Å². The van der Waals surface area contributed by atoms with Crippen LogP contribution in [-0.4, -0.2) is 19.7 Å². The summed E-state index contributed by atoms with van der Waals surface area (Å²) in [7, 11) is -3.35. The average Bonchev–Trinajstić information content (AvgIpc) is 2.48. The van der Waals surface area contributed by atoms with Gasteiger partial charge in [-0.3, -0.25) is 0 Å². The molecule has 120 valence electrons. The van der Waals surface area contributed by atoms with E-state index < -0.39 is 15.6 Å². The fourth-order valence-electron chi connectivity index (χ4n) is 3.82. The molecule has 0 spiro atoms. The molecule has 0 aliphatic heterocycles. The molecule has 0 saturated heterocycles. The second-order valence-corrected chi connectivity index (χ2v) is 8.70. The summed E-state index contributed by atoms with van der Waals surface area (Å²) in [4.78, 5) is 0. The highest BCUT2D eigenvalue weighted by atomic mass is 32.2. The van der Waals surface area contributed by atoms with E-state index in [9.17, 15) is 13.7 Å². The first-order valence-electron chi connectivity index (χ1n) is 8.41. The van der Waals surface area contributed by atoms with Gasteiger partial charge in [-0.15, -0.1) is 0 Å². The predicted molar refractivity (Wildman–Crippen MR) is 84.1 cm³/mol. The Kier molecular flexibility index (Phi) is 5.67. The van der Waals surface area contributed by atoms with Crippen LogP contribution < -0.4 is 4.72 Å². The zero-order chi connectivity index (χ0) is 15.3. The third kappa shape index (κ3) is 4.69. The van der Waals surface area contributed by atoms with Gasteiger partial charge in [0.1, 0.15) is 5.54 Å². The minimum absolute atomic E-state index is 0.202. The molecule has 21 heavy (non-hydrogen) atoms. The second-order valence-electron chi connectivity index (χ2n) is 6.93. The van der Waals surface area contributed by atoms with Crippen molar-refractivity contribution in [3.8, 4) is 6.07 Å². The molecule has 2 saturated carbocycles. The minimum Gasteiger partial charge on any atom is -0.212 e. The van der Waals surface area contributed by atoms with Crippen molar-refractivity contribution >= 4 is 10.0 Å². The Bertz CT molecular complexity index is 467. The number of nitrogens with one attached hydrogen (secondary N) is 1. The lowest BCUT2D eigenvalue weighted by Crippen LogP contribution is -2.50. The largest absolute Gasteiger partial charge is 0.213 e. The lowest BCUT2D eigenvalue weighted by Gasteiger charge is -2.35. The van der Waals surface area contributed by atoms with Crippen molar-refractivity contribution < 1.29 is 8.42 Å². The van der Waals surface area contributed by atoms with E-state index in [2.05, 4.69) is 17.7 Å². The molecule has 0 bridgehead atoms. The van der Waals surface area contributed by atoms with Gasteiger partial charge in [0, 0.05) is 0 Å². The van der Waals surface area contributed by atoms with Crippen LogP contribution in [0.25, 0.3) is 0 Å². The van der Waals surface area contributed by atoms with E-state index in [1.807, 2.05) is 0 Å². The highest BCUT2D eigenvalue weighted by Crippen LogP contribution is 2.34. The fraction of sp³-hybridized carbons (Fsp3) is 0.938. The maximum Gasteiger partial charge on any atom is 0.213 e. The van der Waals surface area contributed by atoms with Crippen LogP contribution in [0, 0.1) is 23.2 Å². The smallest absolute Gasteiger partial charge is 0.212 e. The maximum atomic E-state index is 12.4. The maximum absolute atomic E-state index is 12.4. The van der Waals surface area contributed by atoms with Crippen LogP contribution in [0.4, 0.5) is 0 Å². The number of hydrogen-bond acceptors (Lipinski definition) is 3. The van der Waals surface area contributed by atoms with E-state index >= 15 is 0 Å². The summed E-state index contributed by atoms with van der Waals surface area (Å²) >= 11 is 0. The van der Waals surface area contributed by atoms with E-state index in [1.54, 1.807) is 0 Å². The first kappa shape index (κ1) is 16.8. The molecule has 0 aromatic heterocycles. The van der Waals surface area contributed by atoms with E-state index in [4.69, 9.17) is 0 Å². The first-order chi connectivity index (χ1) is 9.99. The topological polar surface area (TPSA) is 70.0 Å². The molecule has 5 heteroatoms. The Morgan fingerprint density at radius 1 is 1.10 bits per heavy atom. The lowest BCUT2D eigenvalue weighted by molar-refractivity contribution is 0.258. The summed E-state index contributed by atoms with van der Waals surface area (Å²) in [6, 6.07) is 2.27. The van der Waals surface area contributed by atoms with Crippen LogP contribution in [0.15, 0.2) is 0 Å². The standard InChI is InChI=1S/C16H28N2O2S/c1-2-14-8-10-16(13-17,11-9-14)18-21(19,20)12-15-6-4-3-5-7-15/h14-15,18H,2-12H2,1H3. The molecular weight excluding hydrogens is 284 g/mol. The molecule has 2 aliphatic carbocycles. The van der Waals surface area contributed by atoms with Crippen molar-refractivity contribution in [1.29, 1.82) is 5.26 Å². The second kappa shape index (κ2) is 7.11. The molecule has 4 nitrogen and oxygen atoms in total. The van der Waals surface area contributed by atoms with Crippen LogP contribution in [-0.2, 0) is 10.0 Å². The normalized spacial score (nSPS) is 31.7. The third-order valence-corrected chi connectivity index (χ3v) is 6.89. The highest BCUT2D eigenvalue weighted by molar-refractivity contribution is 7.89. The van der Waals surface area contributed by atoms with Crippen LogP contribution in [0.3, 0.4) is 0 Å². The number of nitrogens with zero attached hydrogens (tertiary/aromatic N) is 1. The molecule has 0 aromatic carbocycles. The summed E-state index contributed by atoms with van der Waals surface area (Å²) in [6.07, 6.45) is 9.88. The highest BCUT2D eigenvalue weighted by Gasteiger charge is 2.39. The van der Waals surface area contributed by atoms with E-state index in [-0.39, 0.29) is 11.7 Å². The van der Waals surface area contributed by atoms with Gasteiger partial charge in [-0.25, -0.2) is 8.42 Å². The molecule has 2 aliphatic rings. The van der Waals surface area contributed by atoms with Gasteiger partial charge in [0.25, 0.3) is 0 Å². The number of hydrogen-bond donors (Lipinski definition) is 1. The molecule has 0 amide bonds. The van der Waals surface area contributed by atoms with Crippen molar-refractivity contribution in [3.05, 3.63) is 0 Å². The van der Waals surface area contributed by atoms with Crippen molar-refractivity contribution in [2.24, 2.45) is 11.8 Å². The van der Waals surface area contributed by atoms with Crippen LogP contribution in [0.5, 0.6) is 0 Å². The van der Waals surface area contributed by atoms with Gasteiger partial charge in [0.05, 0.1) is 11.8 Å². The van der Waals surface area contributed by atoms with Gasteiger partial charge in [-0.05, 0) is 50.4 Å². The molecule has 0 heterocycles. The van der Waals surface area contributed by atoms with Gasteiger partial charge < -0.3 is 0 Å². The quantitative estimate of drug-likeness (QED) is 0.846. The van der Waals surface area contributed by atoms with Gasteiger partial charge in [0.2, 0.25) is 10.0 Å². The fourth-order valence-corrected chi connectivity index (χ4v) is 5.70. The van der Waals surface area contributed by atoms with Crippen LogP contribution in [0.2, 0.25) is 0 Å². The molecule has 0 atom stereocenters.